The second-order valence-electron chi connectivity index (χ2n) is 8.13. The van der Waals surface area contributed by atoms with Gasteiger partial charge in [-0.2, -0.15) is 0 Å². The lowest BCUT2D eigenvalue weighted by Gasteiger charge is -2.25. The van der Waals surface area contributed by atoms with Gasteiger partial charge in [-0.15, -0.1) is 11.8 Å². The topological polar surface area (TPSA) is 59.8 Å². The summed E-state index contributed by atoms with van der Waals surface area (Å²) in [6.45, 7) is 2.28. The molecule has 0 spiro atoms. The maximum Gasteiger partial charge on any atom is 0.291 e. The van der Waals surface area contributed by atoms with E-state index in [0.717, 1.165) is 27.3 Å². The Kier molecular flexibility index (Phi) is 5.46. The number of ether oxygens (including phenoxy) is 1. The summed E-state index contributed by atoms with van der Waals surface area (Å²) in [4.78, 5) is 30.0. The van der Waals surface area contributed by atoms with E-state index in [1.807, 2.05) is 73.8 Å². The average Bonchev–Trinajstić information content (AvgIpc) is 3.12. The Balaban J connectivity index is 1.67. The van der Waals surface area contributed by atoms with E-state index >= 15 is 0 Å². The van der Waals surface area contributed by atoms with E-state index in [9.17, 15) is 9.59 Å². The molecular weight excluding hydrogens is 434 g/mol. The van der Waals surface area contributed by atoms with E-state index < -0.39 is 6.04 Å². The molecule has 5 rings (SSSR count). The number of amides is 1. The van der Waals surface area contributed by atoms with Crippen LogP contribution in [0.2, 0.25) is 0 Å². The minimum absolute atomic E-state index is 0.129. The lowest BCUT2D eigenvalue weighted by Crippen LogP contribution is -2.29. The Hall–Kier alpha value is -3.51. The zero-order chi connectivity index (χ0) is 23.1. The van der Waals surface area contributed by atoms with Gasteiger partial charge >= 0.3 is 0 Å². The van der Waals surface area contributed by atoms with Crippen molar-refractivity contribution in [1.29, 1.82) is 0 Å². The molecule has 6 heteroatoms. The fourth-order valence-electron chi connectivity index (χ4n) is 4.36. The quantitative estimate of drug-likeness (QED) is 0.366. The first-order valence-electron chi connectivity index (χ1n) is 10.7. The molecule has 1 amide bonds. The summed E-state index contributed by atoms with van der Waals surface area (Å²) in [6.07, 6.45) is 2.02. The van der Waals surface area contributed by atoms with Gasteiger partial charge in [0.15, 0.2) is 5.43 Å². The number of fused-ring (bicyclic) bond motifs is 2. The van der Waals surface area contributed by atoms with Crippen LogP contribution in [0.25, 0.3) is 11.0 Å². The molecule has 0 N–H and O–H groups in total. The van der Waals surface area contributed by atoms with Gasteiger partial charge in [0.1, 0.15) is 11.3 Å². The van der Waals surface area contributed by atoms with Crippen molar-refractivity contribution < 1.29 is 13.9 Å². The molecule has 1 atom stereocenters. The maximum atomic E-state index is 13.6. The number of hydrogen-bond donors (Lipinski definition) is 0. The van der Waals surface area contributed by atoms with E-state index in [2.05, 4.69) is 0 Å². The Morgan fingerprint density at radius 2 is 1.73 bits per heavy atom. The highest BCUT2D eigenvalue weighted by Crippen LogP contribution is 2.39. The van der Waals surface area contributed by atoms with Crippen LogP contribution in [-0.2, 0) is 6.54 Å². The molecule has 0 fully saturated rings. The standard InChI is InChI=1S/C27H23NO4S/c1-16-4-13-22-21(14-16)25(29)23-24(18-7-11-20(33-3)12-8-18)28(27(30)26(23)32-22)15-17-5-9-19(31-2)10-6-17/h4-14,24H,15H2,1-3H3. The van der Waals surface area contributed by atoms with E-state index in [1.54, 1.807) is 29.8 Å². The maximum absolute atomic E-state index is 13.6. The molecule has 1 aromatic heterocycles. The number of thioether (sulfide) groups is 1. The first-order valence-corrected chi connectivity index (χ1v) is 11.9. The molecule has 4 aromatic rings. The van der Waals surface area contributed by atoms with Gasteiger partial charge in [-0.25, -0.2) is 0 Å². The molecule has 0 bridgehead atoms. The van der Waals surface area contributed by atoms with E-state index in [-0.39, 0.29) is 17.1 Å². The SMILES string of the molecule is COc1ccc(CN2C(=O)c3oc4ccc(C)cc4c(=O)c3C2c2ccc(SC)cc2)cc1. The number of aryl methyl sites for hydroxylation is 1. The van der Waals surface area contributed by atoms with E-state index in [1.165, 1.54) is 0 Å². The smallest absolute Gasteiger partial charge is 0.291 e. The predicted molar refractivity (Wildman–Crippen MR) is 130 cm³/mol. The van der Waals surface area contributed by atoms with Gasteiger partial charge in [-0.05, 0) is 60.7 Å². The number of methoxy groups -OCH3 is 1. The summed E-state index contributed by atoms with van der Waals surface area (Å²) in [7, 11) is 1.62. The van der Waals surface area contributed by atoms with E-state index in [0.29, 0.717) is 23.1 Å². The van der Waals surface area contributed by atoms with Crippen LogP contribution >= 0.6 is 11.8 Å². The van der Waals surface area contributed by atoms with Gasteiger partial charge in [0.25, 0.3) is 5.91 Å². The molecule has 0 aliphatic carbocycles. The van der Waals surface area contributed by atoms with Crippen LogP contribution in [0.1, 0.15) is 38.9 Å². The minimum Gasteiger partial charge on any atom is -0.497 e. The van der Waals surface area contributed by atoms with Crippen molar-refractivity contribution in [3.05, 3.63) is 105 Å². The van der Waals surface area contributed by atoms with Crippen molar-refractivity contribution in [2.45, 2.75) is 24.4 Å². The highest BCUT2D eigenvalue weighted by Gasteiger charge is 2.42. The van der Waals surface area contributed by atoms with Gasteiger partial charge in [-0.1, -0.05) is 35.9 Å². The molecule has 3 aromatic carbocycles. The van der Waals surface area contributed by atoms with E-state index in [4.69, 9.17) is 9.15 Å². The van der Waals surface area contributed by atoms with Crippen molar-refractivity contribution in [3.8, 4) is 5.75 Å². The predicted octanol–water partition coefficient (Wildman–Crippen LogP) is 5.58. The highest BCUT2D eigenvalue weighted by molar-refractivity contribution is 7.98. The lowest BCUT2D eigenvalue weighted by atomic mass is 9.98. The molecule has 33 heavy (non-hydrogen) atoms. The molecule has 2 heterocycles. The Morgan fingerprint density at radius 3 is 2.39 bits per heavy atom. The zero-order valence-electron chi connectivity index (χ0n) is 18.6. The van der Waals surface area contributed by atoms with Crippen molar-refractivity contribution in [1.82, 2.24) is 4.90 Å². The molecule has 0 saturated carbocycles. The summed E-state index contributed by atoms with van der Waals surface area (Å²) >= 11 is 1.65. The third-order valence-electron chi connectivity index (χ3n) is 6.06. The van der Waals surface area contributed by atoms with Crippen molar-refractivity contribution >= 4 is 28.6 Å². The van der Waals surface area contributed by atoms with Gasteiger partial charge in [-0.3, -0.25) is 9.59 Å². The third kappa shape index (κ3) is 3.70. The van der Waals surface area contributed by atoms with Crippen LogP contribution < -0.4 is 10.2 Å². The van der Waals surface area contributed by atoms with Crippen molar-refractivity contribution in [3.63, 3.8) is 0 Å². The normalized spacial score (nSPS) is 15.2. The van der Waals surface area contributed by atoms with Crippen LogP contribution in [-0.4, -0.2) is 24.2 Å². The summed E-state index contributed by atoms with van der Waals surface area (Å²) in [5, 5.41) is 0.499. The van der Waals surface area contributed by atoms with Crippen molar-refractivity contribution in [2.24, 2.45) is 0 Å². The summed E-state index contributed by atoms with van der Waals surface area (Å²) in [5.74, 6) is 0.598. The van der Waals surface area contributed by atoms with Gasteiger partial charge in [0.05, 0.1) is 24.1 Å². The average molecular weight is 458 g/mol. The van der Waals surface area contributed by atoms with Crippen LogP contribution in [0.4, 0.5) is 0 Å². The molecule has 166 valence electrons. The van der Waals surface area contributed by atoms with Crippen molar-refractivity contribution in [2.75, 3.05) is 13.4 Å². The Bertz CT molecular complexity index is 1410. The van der Waals surface area contributed by atoms with Crippen LogP contribution in [0.3, 0.4) is 0 Å². The molecule has 1 aliphatic rings. The first-order chi connectivity index (χ1) is 16.0. The fourth-order valence-corrected chi connectivity index (χ4v) is 4.77. The molecule has 1 unspecified atom stereocenters. The Morgan fingerprint density at radius 1 is 1.00 bits per heavy atom. The zero-order valence-corrected chi connectivity index (χ0v) is 19.4. The second-order valence-corrected chi connectivity index (χ2v) is 9.01. The molecular formula is C27H23NO4S. The Labute approximate surface area is 196 Å². The third-order valence-corrected chi connectivity index (χ3v) is 6.81. The van der Waals surface area contributed by atoms with Crippen LogP contribution in [0, 0.1) is 6.92 Å². The van der Waals surface area contributed by atoms with Crippen LogP contribution in [0.5, 0.6) is 5.75 Å². The summed E-state index contributed by atoms with van der Waals surface area (Å²) in [5.41, 5.74) is 3.47. The summed E-state index contributed by atoms with van der Waals surface area (Å²) < 4.78 is 11.3. The van der Waals surface area contributed by atoms with Gasteiger partial charge in [0.2, 0.25) is 5.76 Å². The number of nitrogens with zero attached hydrogens (tertiary/aromatic N) is 1. The highest BCUT2D eigenvalue weighted by atomic mass is 32.2. The second kappa shape index (κ2) is 8.45. The number of hydrogen-bond acceptors (Lipinski definition) is 5. The summed E-state index contributed by atoms with van der Waals surface area (Å²) in [6, 6.07) is 20.5. The molecule has 0 radical (unpaired) electrons. The molecule has 0 saturated heterocycles. The fraction of sp³-hybridized carbons (Fsp3) is 0.185. The molecule has 5 nitrogen and oxygen atoms in total. The number of carbonyl (C=O) groups excluding carboxylic acids is 1. The minimum atomic E-state index is -0.522. The number of carbonyl (C=O) groups is 1. The van der Waals surface area contributed by atoms with Crippen LogP contribution in [0.15, 0.2) is 80.8 Å². The first kappa shape index (κ1) is 21.3. The van der Waals surface area contributed by atoms with Gasteiger partial charge < -0.3 is 14.1 Å². The monoisotopic (exact) mass is 457 g/mol. The number of benzene rings is 3. The lowest BCUT2D eigenvalue weighted by molar-refractivity contribution is 0.0714. The number of rotatable bonds is 5. The largest absolute Gasteiger partial charge is 0.497 e. The molecule has 1 aliphatic heterocycles. The van der Waals surface area contributed by atoms with Gasteiger partial charge in [0, 0.05) is 11.4 Å².